The maximum atomic E-state index is 13.2. The Kier molecular flexibility index (Phi) is 3.60. The fraction of sp³-hybridized carbons (Fsp3) is 0.300. The summed E-state index contributed by atoms with van der Waals surface area (Å²) in [6.45, 7) is 2.14. The number of amides is 1. The Morgan fingerprint density at radius 1 is 1.33 bits per heavy atom. The van der Waals surface area contributed by atoms with E-state index in [-0.39, 0.29) is 11.3 Å². The molecule has 1 amide bonds. The van der Waals surface area contributed by atoms with Crippen molar-refractivity contribution in [1.29, 1.82) is 0 Å². The average molecular weight is 214 g/mol. The molecule has 3 nitrogen and oxygen atoms in total. The first-order valence-corrected chi connectivity index (χ1v) is 4.55. The fourth-order valence-electron chi connectivity index (χ4n) is 1.21. The van der Waals surface area contributed by atoms with Crippen LogP contribution < -0.4 is 10.6 Å². The maximum absolute atomic E-state index is 13.2. The van der Waals surface area contributed by atoms with Crippen molar-refractivity contribution in [3.05, 3.63) is 29.3 Å². The number of benzene rings is 1. The van der Waals surface area contributed by atoms with Gasteiger partial charge in [0.05, 0.1) is 0 Å². The summed E-state index contributed by atoms with van der Waals surface area (Å²) in [7, 11) is 1.41. The van der Waals surface area contributed by atoms with Gasteiger partial charge in [-0.05, 0) is 19.1 Å². The highest BCUT2D eigenvalue weighted by atomic mass is 19.1. The summed E-state index contributed by atoms with van der Waals surface area (Å²) >= 11 is 0. The van der Waals surface area contributed by atoms with E-state index in [4.69, 9.17) is 0 Å². The highest BCUT2D eigenvalue weighted by Gasteiger charge is 2.13. The second kappa shape index (κ2) is 4.72. The lowest BCUT2D eigenvalue weighted by atomic mass is 10.1. The number of carbonyl (C=O) groups is 1. The van der Waals surface area contributed by atoms with Gasteiger partial charge in [-0.25, -0.2) is 8.78 Å². The van der Waals surface area contributed by atoms with Crippen LogP contribution in [0.2, 0.25) is 0 Å². The molecule has 0 fully saturated rings. The van der Waals surface area contributed by atoms with Crippen LogP contribution in [0.3, 0.4) is 0 Å². The molecule has 0 saturated heterocycles. The lowest BCUT2D eigenvalue weighted by Gasteiger charge is -2.07. The Labute approximate surface area is 86.5 Å². The van der Waals surface area contributed by atoms with E-state index in [1.165, 1.54) is 7.05 Å². The van der Waals surface area contributed by atoms with Crippen LogP contribution in [-0.2, 0) is 0 Å². The molecule has 1 rings (SSSR count). The SMILES string of the molecule is CCNC(=O)c1cc(F)c(NC)c(F)c1. The summed E-state index contributed by atoms with van der Waals surface area (Å²) in [5, 5.41) is 4.84. The van der Waals surface area contributed by atoms with Gasteiger partial charge < -0.3 is 10.6 Å². The third-order valence-electron chi connectivity index (χ3n) is 1.89. The van der Waals surface area contributed by atoms with Crippen molar-refractivity contribution in [1.82, 2.24) is 5.32 Å². The van der Waals surface area contributed by atoms with E-state index in [0.29, 0.717) is 6.54 Å². The molecule has 0 aliphatic rings. The second-order valence-electron chi connectivity index (χ2n) is 2.92. The first-order chi connectivity index (χ1) is 7.10. The van der Waals surface area contributed by atoms with Crippen molar-refractivity contribution in [3.8, 4) is 0 Å². The zero-order valence-corrected chi connectivity index (χ0v) is 8.53. The van der Waals surface area contributed by atoms with Crippen LogP contribution >= 0.6 is 0 Å². The number of anilines is 1. The molecule has 5 heteroatoms. The summed E-state index contributed by atoms with van der Waals surface area (Å²) in [5.41, 5.74) is -0.256. The molecule has 82 valence electrons. The Morgan fingerprint density at radius 3 is 2.27 bits per heavy atom. The maximum Gasteiger partial charge on any atom is 0.251 e. The molecule has 0 aromatic heterocycles. The molecule has 0 heterocycles. The first-order valence-electron chi connectivity index (χ1n) is 4.55. The minimum absolute atomic E-state index is 0.0224. The van der Waals surface area contributed by atoms with Crippen molar-refractivity contribution in [2.24, 2.45) is 0 Å². The summed E-state index contributed by atoms with van der Waals surface area (Å²) in [5.74, 6) is -2.05. The Hall–Kier alpha value is -1.65. The summed E-state index contributed by atoms with van der Waals surface area (Å²) in [6, 6.07) is 2.00. The average Bonchev–Trinajstić information content (AvgIpc) is 2.17. The van der Waals surface area contributed by atoms with Gasteiger partial charge in [-0.3, -0.25) is 4.79 Å². The lowest BCUT2D eigenvalue weighted by Crippen LogP contribution is -2.23. The van der Waals surface area contributed by atoms with Crippen LogP contribution in [0.5, 0.6) is 0 Å². The van der Waals surface area contributed by atoms with Gasteiger partial charge in [0.2, 0.25) is 0 Å². The molecular formula is C10H12F2N2O. The van der Waals surface area contributed by atoms with Gasteiger partial charge in [-0.15, -0.1) is 0 Å². The van der Waals surface area contributed by atoms with Gasteiger partial charge in [-0.2, -0.15) is 0 Å². The number of carbonyl (C=O) groups excluding carboxylic acids is 1. The summed E-state index contributed by atoms with van der Waals surface area (Å²) in [4.78, 5) is 11.3. The topological polar surface area (TPSA) is 41.1 Å². The predicted molar refractivity (Wildman–Crippen MR) is 53.9 cm³/mol. The fourth-order valence-corrected chi connectivity index (χ4v) is 1.21. The van der Waals surface area contributed by atoms with E-state index in [1.807, 2.05) is 0 Å². The number of rotatable bonds is 3. The van der Waals surface area contributed by atoms with Crippen LogP contribution in [0.4, 0.5) is 14.5 Å². The number of hydrogen-bond donors (Lipinski definition) is 2. The standard InChI is InChI=1S/C10H12F2N2O/c1-3-14-10(15)6-4-7(11)9(13-2)8(12)5-6/h4-5,13H,3H2,1-2H3,(H,14,15). The molecule has 0 saturated carbocycles. The summed E-state index contributed by atoms with van der Waals surface area (Å²) in [6.07, 6.45) is 0. The molecule has 0 radical (unpaired) electrons. The highest BCUT2D eigenvalue weighted by molar-refractivity contribution is 5.94. The number of hydrogen-bond acceptors (Lipinski definition) is 2. The quantitative estimate of drug-likeness (QED) is 0.804. The van der Waals surface area contributed by atoms with Gasteiger partial charge in [0.15, 0.2) is 0 Å². The third-order valence-corrected chi connectivity index (χ3v) is 1.89. The molecule has 0 aliphatic carbocycles. The minimum atomic E-state index is -0.779. The van der Waals surface area contributed by atoms with Crippen LogP contribution in [0, 0.1) is 11.6 Å². The molecule has 0 unspecified atom stereocenters. The van der Waals surface area contributed by atoms with E-state index in [0.717, 1.165) is 12.1 Å². The zero-order valence-electron chi connectivity index (χ0n) is 8.53. The van der Waals surface area contributed by atoms with E-state index in [9.17, 15) is 13.6 Å². The van der Waals surface area contributed by atoms with Crippen LogP contribution in [0.15, 0.2) is 12.1 Å². The van der Waals surface area contributed by atoms with E-state index in [2.05, 4.69) is 10.6 Å². The molecule has 15 heavy (non-hydrogen) atoms. The molecular weight excluding hydrogens is 202 g/mol. The predicted octanol–water partition coefficient (Wildman–Crippen LogP) is 1.76. The Balaban J connectivity index is 3.08. The van der Waals surface area contributed by atoms with Crippen LogP contribution in [0.25, 0.3) is 0 Å². The molecule has 0 aliphatic heterocycles. The van der Waals surface area contributed by atoms with Gasteiger partial charge in [0, 0.05) is 19.2 Å². The van der Waals surface area contributed by atoms with Crippen molar-refractivity contribution >= 4 is 11.6 Å². The summed E-state index contributed by atoms with van der Waals surface area (Å²) < 4.78 is 26.5. The molecule has 2 N–H and O–H groups in total. The van der Waals surface area contributed by atoms with Crippen LogP contribution in [0.1, 0.15) is 17.3 Å². The van der Waals surface area contributed by atoms with Gasteiger partial charge in [0.25, 0.3) is 5.91 Å². The smallest absolute Gasteiger partial charge is 0.251 e. The zero-order chi connectivity index (χ0) is 11.4. The molecule has 1 aromatic carbocycles. The molecule has 0 spiro atoms. The third kappa shape index (κ3) is 2.43. The van der Waals surface area contributed by atoms with Crippen molar-refractivity contribution in [2.75, 3.05) is 18.9 Å². The Morgan fingerprint density at radius 2 is 1.87 bits per heavy atom. The lowest BCUT2D eigenvalue weighted by molar-refractivity contribution is 0.0955. The monoisotopic (exact) mass is 214 g/mol. The van der Waals surface area contributed by atoms with E-state index >= 15 is 0 Å². The Bertz CT molecular complexity index is 357. The largest absolute Gasteiger partial charge is 0.383 e. The van der Waals surface area contributed by atoms with E-state index < -0.39 is 17.5 Å². The number of halogens is 2. The van der Waals surface area contributed by atoms with Crippen molar-refractivity contribution < 1.29 is 13.6 Å². The van der Waals surface area contributed by atoms with Crippen molar-refractivity contribution in [2.45, 2.75) is 6.92 Å². The molecule has 1 aromatic rings. The minimum Gasteiger partial charge on any atom is -0.383 e. The second-order valence-corrected chi connectivity index (χ2v) is 2.92. The number of nitrogens with one attached hydrogen (secondary N) is 2. The highest BCUT2D eigenvalue weighted by Crippen LogP contribution is 2.19. The van der Waals surface area contributed by atoms with Gasteiger partial charge in [0.1, 0.15) is 17.3 Å². The van der Waals surface area contributed by atoms with Gasteiger partial charge in [-0.1, -0.05) is 0 Å². The van der Waals surface area contributed by atoms with Gasteiger partial charge >= 0.3 is 0 Å². The van der Waals surface area contributed by atoms with E-state index in [1.54, 1.807) is 6.92 Å². The first kappa shape index (κ1) is 11.4. The molecule has 0 bridgehead atoms. The van der Waals surface area contributed by atoms with Crippen molar-refractivity contribution in [3.63, 3.8) is 0 Å². The molecule has 0 atom stereocenters. The van der Waals surface area contributed by atoms with Crippen LogP contribution in [-0.4, -0.2) is 19.5 Å². The normalized spacial score (nSPS) is 9.87.